The monoisotopic (exact) mass is 324 g/mol. The van der Waals surface area contributed by atoms with Crippen molar-refractivity contribution in [2.24, 2.45) is 5.92 Å². The Kier molecular flexibility index (Phi) is 7.18. The average Bonchev–Trinajstić information content (AvgIpc) is 2.58. The fraction of sp³-hybridized carbons (Fsp3) is 0.500. The summed E-state index contributed by atoms with van der Waals surface area (Å²) in [5.41, 5.74) is 0.442. The Balaban J connectivity index is 2.87. The van der Waals surface area contributed by atoms with Crippen LogP contribution in [-0.4, -0.2) is 39.4 Å². The Morgan fingerprint density at radius 3 is 2.39 bits per heavy atom. The summed E-state index contributed by atoms with van der Waals surface area (Å²) in [6, 6.07) is 3.79. The van der Waals surface area contributed by atoms with E-state index in [0.29, 0.717) is 17.2 Å². The standard InChI is InChI=1S/C16H24N2O5/c1-6-10(2)14(15(19)23-5)18-16(20)17-12-9-11(21-3)7-8-13(12)22-4/h7-10,14H,6H2,1-5H3,(H2,17,18,20)/t10?,14-/m0/s1. The molecule has 0 bridgehead atoms. The third-order valence-electron chi connectivity index (χ3n) is 3.61. The molecule has 0 aliphatic heterocycles. The maximum absolute atomic E-state index is 12.2. The molecule has 1 unspecified atom stereocenters. The second-order valence-corrected chi connectivity index (χ2v) is 5.05. The second kappa shape index (κ2) is 8.87. The molecule has 0 radical (unpaired) electrons. The minimum atomic E-state index is -0.721. The summed E-state index contributed by atoms with van der Waals surface area (Å²) in [5.74, 6) is 0.527. The van der Waals surface area contributed by atoms with E-state index in [9.17, 15) is 9.59 Å². The van der Waals surface area contributed by atoms with E-state index in [4.69, 9.17) is 14.2 Å². The Morgan fingerprint density at radius 2 is 1.87 bits per heavy atom. The minimum absolute atomic E-state index is 0.0552. The molecule has 1 rings (SSSR count). The fourth-order valence-corrected chi connectivity index (χ4v) is 2.01. The van der Waals surface area contributed by atoms with Crippen molar-refractivity contribution in [3.8, 4) is 11.5 Å². The first-order chi connectivity index (χ1) is 11.0. The largest absolute Gasteiger partial charge is 0.497 e. The van der Waals surface area contributed by atoms with Gasteiger partial charge in [0.15, 0.2) is 0 Å². The first-order valence-corrected chi connectivity index (χ1v) is 7.34. The van der Waals surface area contributed by atoms with Crippen LogP contribution in [-0.2, 0) is 9.53 Å². The van der Waals surface area contributed by atoms with Gasteiger partial charge in [0, 0.05) is 6.07 Å². The summed E-state index contributed by atoms with van der Waals surface area (Å²) in [5, 5.41) is 5.30. The van der Waals surface area contributed by atoms with Crippen LogP contribution in [0.2, 0.25) is 0 Å². The maximum atomic E-state index is 12.2. The third-order valence-corrected chi connectivity index (χ3v) is 3.61. The number of nitrogens with one attached hydrogen (secondary N) is 2. The fourth-order valence-electron chi connectivity index (χ4n) is 2.01. The van der Waals surface area contributed by atoms with Crippen molar-refractivity contribution in [3.05, 3.63) is 18.2 Å². The predicted molar refractivity (Wildman–Crippen MR) is 87.0 cm³/mol. The molecule has 2 amide bonds. The van der Waals surface area contributed by atoms with Gasteiger partial charge in [-0.05, 0) is 18.1 Å². The van der Waals surface area contributed by atoms with Crippen LogP contribution in [0.4, 0.5) is 10.5 Å². The molecule has 7 heteroatoms. The van der Waals surface area contributed by atoms with Gasteiger partial charge in [0.2, 0.25) is 0 Å². The van der Waals surface area contributed by atoms with E-state index in [1.807, 2.05) is 13.8 Å². The van der Waals surface area contributed by atoms with Crippen LogP contribution < -0.4 is 20.1 Å². The van der Waals surface area contributed by atoms with E-state index < -0.39 is 18.0 Å². The summed E-state index contributed by atoms with van der Waals surface area (Å²) in [4.78, 5) is 24.0. The van der Waals surface area contributed by atoms with E-state index in [0.717, 1.165) is 6.42 Å². The van der Waals surface area contributed by atoms with E-state index in [1.54, 1.807) is 18.2 Å². The Bertz CT molecular complexity index is 547. The molecule has 23 heavy (non-hydrogen) atoms. The van der Waals surface area contributed by atoms with E-state index in [-0.39, 0.29) is 5.92 Å². The highest BCUT2D eigenvalue weighted by molar-refractivity contribution is 5.94. The molecule has 1 aromatic carbocycles. The van der Waals surface area contributed by atoms with Gasteiger partial charge in [-0.3, -0.25) is 0 Å². The van der Waals surface area contributed by atoms with Gasteiger partial charge in [0.25, 0.3) is 0 Å². The second-order valence-electron chi connectivity index (χ2n) is 5.05. The number of carbonyl (C=O) groups is 2. The third kappa shape index (κ3) is 5.05. The molecule has 0 spiro atoms. The quantitative estimate of drug-likeness (QED) is 0.752. The lowest BCUT2D eigenvalue weighted by Gasteiger charge is -2.22. The molecule has 2 atom stereocenters. The number of benzene rings is 1. The van der Waals surface area contributed by atoms with Gasteiger partial charge in [-0.15, -0.1) is 0 Å². The van der Waals surface area contributed by atoms with Crippen LogP contribution in [0.5, 0.6) is 11.5 Å². The van der Waals surface area contributed by atoms with E-state index in [1.165, 1.54) is 21.3 Å². The van der Waals surface area contributed by atoms with Crippen LogP contribution >= 0.6 is 0 Å². The van der Waals surface area contributed by atoms with Crippen molar-refractivity contribution in [3.63, 3.8) is 0 Å². The first-order valence-electron chi connectivity index (χ1n) is 7.34. The summed E-state index contributed by atoms with van der Waals surface area (Å²) in [6.07, 6.45) is 0.725. The van der Waals surface area contributed by atoms with Gasteiger partial charge < -0.3 is 24.8 Å². The van der Waals surface area contributed by atoms with Crippen molar-refractivity contribution >= 4 is 17.7 Å². The van der Waals surface area contributed by atoms with Gasteiger partial charge in [-0.2, -0.15) is 0 Å². The zero-order valence-electron chi connectivity index (χ0n) is 14.1. The Labute approximate surface area is 136 Å². The lowest BCUT2D eigenvalue weighted by atomic mass is 9.99. The van der Waals surface area contributed by atoms with Crippen molar-refractivity contribution in [1.82, 2.24) is 5.32 Å². The zero-order valence-corrected chi connectivity index (χ0v) is 14.1. The number of hydrogen-bond donors (Lipinski definition) is 2. The summed E-state index contributed by atoms with van der Waals surface area (Å²) >= 11 is 0. The van der Waals surface area contributed by atoms with Crippen molar-refractivity contribution in [1.29, 1.82) is 0 Å². The molecule has 0 saturated heterocycles. The summed E-state index contributed by atoms with van der Waals surface area (Å²) in [7, 11) is 4.32. The minimum Gasteiger partial charge on any atom is -0.497 e. The predicted octanol–water partition coefficient (Wildman–Crippen LogP) is 2.41. The van der Waals surface area contributed by atoms with Crippen molar-refractivity contribution in [2.75, 3.05) is 26.6 Å². The van der Waals surface area contributed by atoms with Crippen LogP contribution in [0.3, 0.4) is 0 Å². The normalized spacial score (nSPS) is 12.7. The average molecular weight is 324 g/mol. The van der Waals surface area contributed by atoms with Gasteiger partial charge in [0.1, 0.15) is 17.5 Å². The van der Waals surface area contributed by atoms with Crippen molar-refractivity contribution in [2.45, 2.75) is 26.3 Å². The number of amides is 2. The number of methoxy groups -OCH3 is 3. The topological polar surface area (TPSA) is 85.9 Å². The highest BCUT2D eigenvalue weighted by Gasteiger charge is 2.26. The number of esters is 1. The van der Waals surface area contributed by atoms with Gasteiger partial charge >= 0.3 is 12.0 Å². The molecule has 0 aromatic heterocycles. The molecule has 0 heterocycles. The number of hydrogen-bond acceptors (Lipinski definition) is 5. The Morgan fingerprint density at radius 1 is 1.17 bits per heavy atom. The number of rotatable bonds is 7. The molecule has 0 aliphatic rings. The summed E-state index contributed by atoms with van der Waals surface area (Å²) < 4.78 is 15.1. The lowest BCUT2D eigenvalue weighted by molar-refractivity contribution is -0.144. The molecule has 2 N–H and O–H groups in total. The van der Waals surface area contributed by atoms with Crippen LogP contribution in [0.1, 0.15) is 20.3 Å². The zero-order chi connectivity index (χ0) is 17.4. The van der Waals surface area contributed by atoms with Gasteiger partial charge in [-0.1, -0.05) is 20.3 Å². The van der Waals surface area contributed by atoms with Crippen LogP contribution in [0.15, 0.2) is 18.2 Å². The molecule has 1 aromatic rings. The molecular weight excluding hydrogens is 300 g/mol. The highest BCUT2D eigenvalue weighted by atomic mass is 16.5. The van der Waals surface area contributed by atoms with E-state index in [2.05, 4.69) is 10.6 Å². The molecular formula is C16H24N2O5. The molecule has 7 nitrogen and oxygen atoms in total. The smallest absolute Gasteiger partial charge is 0.328 e. The van der Waals surface area contributed by atoms with E-state index >= 15 is 0 Å². The molecule has 0 fully saturated rings. The maximum Gasteiger partial charge on any atom is 0.328 e. The lowest BCUT2D eigenvalue weighted by Crippen LogP contribution is -2.47. The van der Waals surface area contributed by atoms with Crippen LogP contribution in [0.25, 0.3) is 0 Å². The van der Waals surface area contributed by atoms with Crippen molar-refractivity contribution < 1.29 is 23.8 Å². The Hall–Kier alpha value is -2.44. The molecule has 0 aliphatic carbocycles. The number of anilines is 1. The van der Waals surface area contributed by atoms with Gasteiger partial charge in [-0.25, -0.2) is 9.59 Å². The SMILES string of the molecule is CCC(C)[C@H](NC(=O)Nc1cc(OC)ccc1OC)C(=O)OC. The van der Waals surface area contributed by atoms with Gasteiger partial charge in [0.05, 0.1) is 27.0 Å². The molecule has 128 valence electrons. The first kappa shape index (κ1) is 18.6. The highest BCUT2D eigenvalue weighted by Crippen LogP contribution is 2.28. The number of ether oxygens (including phenoxy) is 3. The molecule has 0 saturated carbocycles. The summed E-state index contributed by atoms with van der Waals surface area (Å²) in [6.45, 7) is 3.80. The van der Waals surface area contributed by atoms with Crippen LogP contribution in [0, 0.1) is 5.92 Å². The number of carbonyl (C=O) groups excluding carboxylic acids is 2. The number of urea groups is 1.